The summed E-state index contributed by atoms with van der Waals surface area (Å²) in [5.74, 6) is 2.11. The summed E-state index contributed by atoms with van der Waals surface area (Å²) in [6, 6.07) is 8.85. The number of nitrogen functional groups attached to an aromatic ring is 1. The number of nitrogens with two attached hydrogens (primary N) is 1. The first kappa shape index (κ1) is 18.6. The number of benzene rings is 1. The molecule has 0 spiro atoms. The highest BCUT2D eigenvalue weighted by Gasteiger charge is 2.23. The third-order valence-corrected chi connectivity index (χ3v) is 5.04. The maximum absolute atomic E-state index is 12.4. The van der Waals surface area contributed by atoms with Crippen molar-refractivity contribution in [3.63, 3.8) is 0 Å². The number of rotatable bonds is 5. The summed E-state index contributed by atoms with van der Waals surface area (Å²) >= 11 is 0. The third kappa shape index (κ3) is 4.40. The van der Waals surface area contributed by atoms with E-state index in [4.69, 9.17) is 19.6 Å². The van der Waals surface area contributed by atoms with Crippen LogP contribution in [0.25, 0.3) is 0 Å². The lowest BCUT2D eigenvalue weighted by Gasteiger charge is -2.31. The molecule has 1 saturated heterocycles. The van der Waals surface area contributed by atoms with Crippen molar-refractivity contribution in [2.24, 2.45) is 0 Å². The number of piperazine rings is 1. The molecule has 150 valence electrons. The Morgan fingerprint density at radius 2 is 2.00 bits per heavy atom. The molecule has 3 N–H and O–H groups in total. The number of likely N-dealkylation sites (N-methyl/N-ethyl adjacent to an activating group) is 1. The number of ether oxygens (including phenoxy) is 2. The van der Waals surface area contributed by atoms with Gasteiger partial charge in [0.25, 0.3) is 5.91 Å². The second kappa shape index (κ2) is 8.12. The van der Waals surface area contributed by atoms with Gasteiger partial charge >= 0.3 is 0 Å². The predicted octanol–water partition coefficient (Wildman–Crippen LogP) is 1.18. The standard InChI is InChI=1S/C20H26N4O4/c1-23-6-8-24(9-7-23)12-15-3-5-18(27-15)20(25)22-11-16-13-26-17-4-2-14(21)10-19(17)28-16/h2-5,10,16H,6-9,11-13,21H2,1H3,(H,22,25)/t16-/m1/s1. The van der Waals surface area contributed by atoms with Crippen LogP contribution in [0, 0.1) is 0 Å². The van der Waals surface area contributed by atoms with Crippen molar-refractivity contribution in [2.45, 2.75) is 12.6 Å². The van der Waals surface area contributed by atoms with Gasteiger partial charge in [-0.25, -0.2) is 0 Å². The van der Waals surface area contributed by atoms with Gasteiger partial charge in [0.05, 0.1) is 13.1 Å². The minimum atomic E-state index is -0.280. The lowest BCUT2D eigenvalue weighted by molar-refractivity contribution is 0.0770. The number of carbonyl (C=O) groups is 1. The molecule has 1 fully saturated rings. The first-order valence-electron chi connectivity index (χ1n) is 9.53. The molecular weight excluding hydrogens is 360 g/mol. The molecule has 8 heteroatoms. The zero-order valence-corrected chi connectivity index (χ0v) is 16.0. The molecule has 2 aromatic rings. The molecule has 0 saturated carbocycles. The Morgan fingerprint density at radius 1 is 1.18 bits per heavy atom. The Kier molecular flexibility index (Phi) is 5.40. The summed E-state index contributed by atoms with van der Waals surface area (Å²) in [5.41, 5.74) is 6.39. The predicted molar refractivity (Wildman–Crippen MR) is 105 cm³/mol. The molecule has 1 atom stereocenters. The first-order valence-corrected chi connectivity index (χ1v) is 9.53. The average molecular weight is 386 g/mol. The van der Waals surface area contributed by atoms with Gasteiger partial charge in [0.15, 0.2) is 17.3 Å². The van der Waals surface area contributed by atoms with Crippen LogP contribution < -0.4 is 20.5 Å². The molecule has 2 aliphatic heterocycles. The number of carbonyl (C=O) groups excluding carboxylic acids is 1. The van der Waals surface area contributed by atoms with E-state index in [1.807, 2.05) is 6.07 Å². The van der Waals surface area contributed by atoms with E-state index >= 15 is 0 Å². The van der Waals surface area contributed by atoms with Crippen LogP contribution in [-0.4, -0.2) is 68.2 Å². The zero-order valence-electron chi connectivity index (χ0n) is 16.0. The number of anilines is 1. The lowest BCUT2D eigenvalue weighted by Crippen LogP contribution is -2.43. The molecule has 0 unspecified atom stereocenters. The number of nitrogens with zero attached hydrogens (tertiary/aromatic N) is 2. The number of hydrogen-bond acceptors (Lipinski definition) is 7. The minimum absolute atomic E-state index is 0.258. The van der Waals surface area contributed by atoms with Gasteiger partial charge in [0.1, 0.15) is 18.5 Å². The Labute approximate surface area is 164 Å². The van der Waals surface area contributed by atoms with Crippen molar-refractivity contribution in [2.75, 3.05) is 52.1 Å². The van der Waals surface area contributed by atoms with Gasteiger partial charge in [0.2, 0.25) is 0 Å². The van der Waals surface area contributed by atoms with E-state index in [0.717, 1.165) is 38.5 Å². The molecule has 0 radical (unpaired) electrons. The van der Waals surface area contributed by atoms with Crippen LogP contribution in [0.5, 0.6) is 11.5 Å². The van der Waals surface area contributed by atoms with Gasteiger partial charge in [-0.2, -0.15) is 0 Å². The summed E-state index contributed by atoms with van der Waals surface area (Å²) in [6.45, 7) is 5.51. The molecule has 0 bridgehead atoms. The first-order chi connectivity index (χ1) is 13.6. The van der Waals surface area contributed by atoms with Crippen LogP contribution >= 0.6 is 0 Å². The van der Waals surface area contributed by atoms with Crippen LogP contribution in [0.4, 0.5) is 5.69 Å². The summed E-state index contributed by atoms with van der Waals surface area (Å²) in [6.07, 6.45) is -0.280. The quantitative estimate of drug-likeness (QED) is 0.746. The second-order valence-corrected chi connectivity index (χ2v) is 7.31. The van der Waals surface area contributed by atoms with E-state index in [0.29, 0.717) is 36.1 Å². The highest BCUT2D eigenvalue weighted by Crippen LogP contribution is 2.33. The monoisotopic (exact) mass is 386 g/mol. The Balaban J connectivity index is 1.27. The average Bonchev–Trinajstić information content (AvgIpc) is 3.16. The molecule has 2 aliphatic rings. The van der Waals surface area contributed by atoms with E-state index in [9.17, 15) is 4.79 Å². The van der Waals surface area contributed by atoms with Crippen molar-refractivity contribution in [3.05, 3.63) is 41.9 Å². The van der Waals surface area contributed by atoms with Crippen LogP contribution in [0.3, 0.4) is 0 Å². The minimum Gasteiger partial charge on any atom is -0.486 e. The molecule has 8 nitrogen and oxygen atoms in total. The van der Waals surface area contributed by atoms with Gasteiger partial charge in [0, 0.05) is 37.9 Å². The second-order valence-electron chi connectivity index (χ2n) is 7.31. The van der Waals surface area contributed by atoms with Gasteiger partial charge < -0.3 is 29.8 Å². The fourth-order valence-electron chi connectivity index (χ4n) is 3.34. The largest absolute Gasteiger partial charge is 0.486 e. The molecule has 3 heterocycles. The summed E-state index contributed by atoms with van der Waals surface area (Å²) in [7, 11) is 2.13. The third-order valence-electron chi connectivity index (χ3n) is 5.04. The summed E-state index contributed by atoms with van der Waals surface area (Å²) in [5, 5.41) is 2.85. The smallest absolute Gasteiger partial charge is 0.287 e. The highest BCUT2D eigenvalue weighted by atomic mass is 16.6. The molecule has 28 heavy (non-hydrogen) atoms. The van der Waals surface area contributed by atoms with Crippen LogP contribution in [0.15, 0.2) is 34.7 Å². The van der Waals surface area contributed by atoms with E-state index < -0.39 is 0 Å². The number of furan rings is 1. The number of amides is 1. The fourth-order valence-corrected chi connectivity index (χ4v) is 3.34. The Hall–Kier alpha value is -2.71. The van der Waals surface area contributed by atoms with Gasteiger partial charge in [-0.3, -0.25) is 9.69 Å². The normalized spacial score (nSPS) is 20.1. The Bertz CT molecular complexity index is 829. The fraction of sp³-hybridized carbons (Fsp3) is 0.450. The topological polar surface area (TPSA) is 93.2 Å². The summed E-state index contributed by atoms with van der Waals surface area (Å²) in [4.78, 5) is 17.0. The SMILES string of the molecule is CN1CCN(Cc2ccc(C(=O)NC[C@@H]3COc4ccc(N)cc4O3)o2)CC1. The van der Waals surface area contributed by atoms with E-state index in [-0.39, 0.29) is 12.0 Å². The number of hydrogen-bond donors (Lipinski definition) is 2. The Morgan fingerprint density at radius 3 is 2.82 bits per heavy atom. The van der Waals surface area contributed by atoms with Gasteiger partial charge in [-0.05, 0) is 31.3 Å². The summed E-state index contributed by atoms with van der Waals surface area (Å²) < 4.78 is 17.2. The number of fused-ring (bicyclic) bond motifs is 1. The van der Waals surface area contributed by atoms with Crippen molar-refractivity contribution < 1.29 is 18.7 Å². The van der Waals surface area contributed by atoms with Crippen molar-refractivity contribution >= 4 is 11.6 Å². The maximum Gasteiger partial charge on any atom is 0.287 e. The molecule has 1 amide bonds. The van der Waals surface area contributed by atoms with Gasteiger partial charge in [-0.15, -0.1) is 0 Å². The van der Waals surface area contributed by atoms with Gasteiger partial charge in [-0.1, -0.05) is 0 Å². The maximum atomic E-state index is 12.4. The molecule has 0 aliphatic carbocycles. The molecule has 1 aromatic carbocycles. The molecule has 1 aromatic heterocycles. The van der Waals surface area contributed by atoms with Crippen molar-refractivity contribution in [1.29, 1.82) is 0 Å². The lowest BCUT2D eigenvalue weighted by atomic mass is 10.2. The van der Waals surface area contributed by atoms with Crippen molar-refractivity contribution in [3.8, 4) is 11.5 Å². The van der Waals surface area contributed by atoms with Crippen molar-refractivity contribution in [1.82, 2.24) is 15.1 Å². The van der Waals surface area contributed by atoms with Crippen LogP contribution in [0.1, 0.15) is 16.3 Å². The van der Waals surface area contributed by atoms with E-state index in [1.165, 1.54) is 0 Å². The van der Waals surface area contributed by atoms with E-state index in [1.54, 1.807) is 24.3 Å². The van der Waals surface area contributed by atoms with E-state index in [2.05, 4.69) is 22.2 Å². The molecular formula is C20H26N4O4. The van der Waals surface area contributed by atoms with Crippen LogP contribution in [0.2, 0.25) is 0 Å². The molecule has 4 rings (SSSR count). The highest BCUT2D eigenvalue weighted by molar-refractivity contribution is 5.91. The zero-order chi connectivity index (χ0) is 19.5. The van der Waals surface area contributed by atoms with Crippen LogP contribution in [-0.2, 0) is 6.54 Å². The number of nitrogens with one attached hydrogen (secondary N) is 1.